The second-order valence-corrected chi connectivity index (χ2v) is 7.57. The lowest BCUT2D eigenvalue weighted by atomic mass is 10.0. The van der Waals surface area contributed by atoms with Crippen LogP contribution in [0.2, 0.25) is 0 Å². The standard InChI is InChI=1S/C24H28N2O3/c1-28-22-13-12-17(15-23(22)29-2)21-10-6-14-26(21)24(27)11-5-7-18-16-25-20-9-4-3-8-19(18)20/h3-4,8-9,12-13,15-16,21,25H,5-7,10-11,14H2,1-2H3/t21-/m1/s1. The highest BCUT2D eigenvalue weighted by molar-refractivity contribution is 5.83. The summed E-state index contributed by atoms with van der Waals surface area (Å²) in [6.07, 6.45) is 6.43. The van der Waals surface area contributed by atoms with Crippen LogP contribution in [0, 0.1) is 0 Å². The maximum absolute atomic E-state index is 13.0. The lowest BCUT2D eigenvalue weighted by Gasteiger charge is -2.26. The molecular weight excluding hydrogens is 364 g/mol. The number of H-pyrrole nitrogens is 1. The fourth-order valence-corrected chi connectivity index (χ4v) is 4.38. The summed E-state index contributed by atoms with van der Waals surface area (Å²) >= 11 is 0. The number of aromatic amines is 1. The Labute approximate surface area is 171 Å². The van der Waals surface area contributed by atoms with Crippen molar-refractivity contribution in [2.45, 2.75) is 38.1 Å². The largest absolute Gasteiger partial charge is 0.493 e. The van der Waals surface area contributed by atoms with E-state index >= 15 is 0 Å². The Kier molecular flexibility index (Phi) is 5.74. The summed E-state index contributed by atoms with van der Waals surface area (Å²) < 4.78 is 10.8. The van der Waals surface area contributed by atoms with Gasteiger partial charge in [0.05, 0.1) is 20.3 Å². The van der Waals surface area contributed by atoms with Gasteiger partial charge in [0.15, 0.2) is 11.5 Å². The number of aryl methyl sites for hydroxylation is 1. The number of para-hydroxylation sites is 1. The number of carbonyl (C=O) groups excluding carboxylic acids is 1. The van der Waals surface area contributed by atoms with Crippen LogP contribution in [-0.2, 0) is 11.2 Å². The number of nitrogens with one attached hydrogen (secondary N) is 1. The van der Waals surface area contributed by atoms with Gasteiger partial charge in [-0.05, 0) is 55.0 Å². The van der Waals surface area contributed by atoms with E-state index < -0.39 is 0 Å². The molecule has 0 unspecified atom stereocenters. The van der Waals surface area contributed by atoms with Gasteiger partial charge in [-0.2, -0.15) is 0 Å². The molecule has 2 heterocycles. The quantitative estimate of drug-likeness (QED) is 0.624. The number of likely N-dealkylation sites (tertiary alicyclic amines) is 1. The van der Waals surface area contributed by atoms with Crippen LogP contribution in [0.25, 0.3) is 10.9 Å². The van der Waals surface area contributed by atoms with Crippen molar-refractivity contribution in [3.8, 4) is 11.5 Å². The van der Waals surface area contributed by atoms with Gasteiger partial charge in [0.1, 0.15) is 0 Å². The van der Waals surface area contributed by atoms with Gasteiger partial charge in [0.2, 0.25) is 5.91 Å². The number of nitrogens with zero attached hydrogens (tertiary/aromatic N) is 1. The molecule has 152 valence electrons. The third-order valence-corrected chi connectivity index (χ3v) is 5.88. The number of methoxy groups -OCH3 is 2. The number of fused-ring (bicyclic) bond motifs is 1. The Balaban J connectivity index is 1.40. The van der Waals surface area contributed by atoms with Crippen molar-refractivity contribution < 1.29 is 14.3 Å². The normalized spacial score (nSPS) is 16.3. The Bertz CT molecular complexity index is 995. The van der Waals surface area contributed by atoms with Crippen molar-refractivity contribution in [2.24, 2.45) is 0 Å². The second-order valence-electron chi connectivity index (χ2n) is 7.57. The van der Waals surface area contributed by atoms with E-state index in [-0.39, 0.29) is 11.9 Å². The van der Waals surface area contributed by atoms with Crippen LogP contribution >= 0.6 is 0 Å². The topological polar surface area (TPSA) is 54.6 Å². The number of ether oxygens (including phenoxy) is 2. The zero-order chi connectivity index (χ0) is 20.2. The first kappa shape index (κ1) is 19.4. The predicted octanol–water partition coefficient (Wildman–Crippen LogP) is 4.87. The molecule has 0 bridgehead atoms. The highest BCUT2D eigenvalue weighted by Crippen LogP contribution is 2.37. The van der Waals surface area contributed by atoms with Crippen molar-refractivity contribution in [1.29, 1.82) is 0 Å². The van der Waals surface area contributed by atoms with Gasteiger partial charge < -0.3 is 19.4 Å². The highest BCUT2D eigenvalue weighted by atomic mass is 16.5. The molecule has 1 aliphatic rings. The average Bonchev–Trinajstić information content (AvgIpc) is 3.41. The molecule has 1 aliphatic heterocycles. The van der Waals surface area contributed by atoms with Crippen LogP contribution in [0.3, 0.4) is 0 Å². The minimum atomic E-state index is 0.121. The first-order valence-electron chi connectivity index (χ1n) is 10.3. The number of aromatic nitrogens is 1. The Morgan fingerprint density at radius 2 is 1.97 bits per heavy atom. The van der Waals surface area contributed by atoms with Gasteiger partial charge in [-0.1, -0.05) is 24.3 Å². The molecule has 29 heavy (non-hydrogen) atoms. The monoisotopic (exact) mass is 392 g/mol. The SMILES string of the molecule is COc1ccc([C@H]2CCCN2C(=O)CCCc2c[nH]c3ccccc23)cc1OC. The molecule has 1 N–H and O–H groups in total. The van der Waals surface area contributed by atoms with Crippen molar-refractivity contribution in [2.75, 3.05) is 20.8 Å². The number of rotatable bonds is 7. The molecule has 0 radical (unpaired) electrons. The second kappa shape index (κ2) is 8.60. The average molecular weight is 392 g/mol. The number of carbonyl (C=O) groups is 1. The van der Waals surface area contributed by atoms with E-state index in [1.165, 1.54) is 10.9 Å². The van der Waals surface area contributed by atoms with E-state index in [0.717, 1.165) is 43.3 Å². The minimum absolute atomic E-state index is 0.121. The number of hydrogen-bond donors (Lipinski definition) is 1. The molecule has 1 atom stereocenters. The third-order valence-electron chi connectivity index (χ3n) is 5.88. The molecule has 3 aromatic rings. The van der Waals surface area contributed by atoms with Gasteiger partial charge in [0.25, 0.3) is 0 Å². The third kappa shape index (κ3) is 3.95. The number of amides is 1. The summed E-state index contributed by atoms with van der Waals surface area (Å²) in [5.74, 6) is 1.66. The fraction of sp³-hybridized carbons (Fsp3) is 0.375. The Morgan fingerprint density at radius 3 is 2.79 bits per heavy atom. The van der Waals surface area contributed by atoms with E-state index in [0.29, 0.717) is 17.9 Å². The van der Waals surface area contributed by atoms with Gasteiger partial charge in [-0.3, -0.25) is 4.79 Å². The summed E-state index contributed by atoms with van der Waals surface area (Å²) in [6, 6.07) is 14.4. The molecule has 5 nitrogen and oxygen atoms in total. The van der Waals surface area contributed by atoms with Crippen molar-refractivity contribution in [3.05, 3.63) is 59.8 Å². The molecule has 1 saturated heterocycles. The summed E-state index contributed by atoms with van der Waals surface area (Å²) in [6.45, 7) is 0.824. The smallest absolute Gasteiger partial charge is 0.223 e. The maximum Gasteiger partial charge on any atom is 0.223 e. The van der Waals surface area contributed by atoms with E-state index in [4.69, 9.17) is 9.47 Å². The van der Waals surface area contributed by atoms with E-state index in [1.54, 1.807) is 14.2 Å². The summed E-state index contributed by atoms with van der Waals surface area (Å²) in [5, 5.41) is 1.25. The van der Waals surface area contributed by atoms with Crippen LogP contribution in [-0.4, -0.2) is 36.6 Å². The van der Waals surface area contributed by atoms with E-state index in [1.807, 2.05) is 29.2 Å². The van der Waals surface area contributed by atoms with Crippen LogP contribution in [0.4, 0.5) is 0 Å². The summed E-state index contributed by atoms with van der Waals surface area (Å²) in [5.41, 5.74) is 3.55. The van der Waals surface area contributed by atoms with Crippen molar-refractivity contribution >= 4 is 16.8 Å². The Morgan fingerprint density at radius 1 is 1.14 bits per heavy atom. The number of benzene rings is 2. The molecular formula is C24H28N2O3. The first-order chi connectivity index (χ1) is 14.2. The van der Waals surface area contributed by atoms with Crippen molar-refractivity contribution in [3.63, 3.8) is 0 Å². The number of hydrogen-bond acceptors (Lipinski definition) is 3. The maximum atomic E-state index is 13.0. The lowest BCUT2D eigenvalue weighted by Crippen LogP contribution is -2.30. The fourth-order valence-electron chi connectivity index (χ4n) is 4.38. The van der Waals surface area contributed by atoms with Gasteiger partial charge in [0, 0.05) is 30.1 Å². The molecule has 1 aromatic heterocycles. The van der Waals surface area contributed by atoms with Crippen LogP contribution < -0.4 is 9.47 Å². The van der Waals surface area contributed by atoms with Crippen molar-refractivity contribution in [1.82, 2.24) is 9.88 Å². The van der Waals surface area contributed by atoms with Gasteiger partial charge >= 0.3 is 0 Å². The lowest BCUT2D eigenvalue weighted by molar-refractivity contribution is -0.132. The van der Waals surface area contributed by atoms with Crippen LogP contribution in [0.15, 0.2) is 48.7 Å². The summed E-state index contributed by atoms with van der Waals surface area (Å²) in [7, 11) is 3.28. The molecule has 1 fully saturated rings. The van der Waals surface area contributed by atoms with Crippen LogP contribution in [0.1, 0.15) is 42.9 Å². The highest BCUT2D eigenvalue weighted by Gasteiger charge is 2.30. The van der Waals surface area contributed by atoms with E-state index in [2.05, 4.69) is 29.4 Å². The summed E-state index contributed by atoms with van der Waals surface area (Å²) in [4.78, 5) is 18.3. The minimum Gasteiger partial charge on any atom is -0.493 e. The zero-order valence-corrected chi connectivity index (χ0v) is 17.1. The molecule has 0 spiro atoms. The Hall–Kier alpha value is -2.95. The van der Waals surface area contributed by atoms with E-state index in [9.17, 15) is 4.79 Å². The molecule has 2 aromatic carbocycles. The zero-order valence-electron chi connectivity index (χ0n) is 17.1. The van der Waals surface area contributed by atoms with Gasteiger partial charge in [-0.15, -0.1) is 0 Å². The molecule has 5 heteroatoms. The predicted molar refractivity (Wildman–Crippen MR) is 114 cm³/mol. The first-order valence-corrected chi connectivity index (χ1v) is 10.3. The molecule has 0 aliphatic carbocycles. The molecule has 1 amide bonds. The molecule has 0 saturated carbocycles. The van der Waals surface area contributed by atoms with Crippen LogP contribution in [0.5, 0.6) is 11.5 Å². The van der Waals surface area contributed by atoms with Gasteiger partial charge in [-0.25, -0.2) is 0 Å². The molecule has 4 rings (SSSR count).